The van der Waals surface area contributed by atoms with E-state index in [0.717, 1.165) is 22.2 Å². The number of halogens is 4. The normalized spacial score (nSPS) is 13.2. The minimum absolute atomic E-state index is 0.367. The SMILES string of the molecule is NC(Cc1cncc(Br)c1)c1ccc(C(F)(F)F)cc1. The number of hydrogen-bond acceptors (Lipinski definition) is 2. The fraction of sp³-hybridized carbons (Fsp3) is 0.214. The average molecular weight is 345 g/mol. The highest BCUT2D eigenvalue weighted by Crippen LogP contribution is 2.30. The quantitative estimate of drug-likeness (QED) is 0.910. The summed E-state index contributed by atoms with van der Waals surface area (Å²) < 4.78 is 38.2. The number of nitrogens with two attached hydrogens (primary N) is 1. The third kappa shape index (κ3) is 3.80. The minimum atomic E-state index is -4.32. The molecule has 0 amide bonds. The third-order valence-electron chi connectivity index (χ3n) is 2.88. The summed E-state index contributed by atoms with van der Waals surface area (Å²) in [5.74, 6) is 0. The number of rotatable bonds is 3. The van der Waals surface area contributed by atoms with Crippen LogP contribution >= 0.6 is 15.9 Å². The second-order valence-electron chi connectivity index (χ2n) is 4.44. The lowest BCUT2D eigenvalue weighted by Gasteiger charge is -2.13. The van der Waals surface area contributed by atoms with E-state index < -0.39 is 11.7 Å². The molecule has 0 aliphatic heterocycles. The lowest BCUT2D eigenvalue weighted by molar-refractivity contribution is -0.137. The lowest BCUT2D eigenvalue weighted by Crippen LogP contribution is -2.14. The van der Waals surface area contributed by atoms with Crippen molar-refractivity contribution in [1.29, 1.82) is 0 Å². The summed E-state index contributed by atoms with van der Waals surface area (Å²) in [6.45, 7) is 0. The number of alkyl halides is 3. The zero-order chi connectivity index (χ0) is 14.8. The number of benzene rings is 1. The average Bonchev–Trinajstić information content (AvgIpc) is 2.38. The van der Waals surface area contributed by atoms with E-state index in [1.165, 1.54) is 12.1 Å². The molecular weight excluding hydrogens is 333 g/mol. The highest BCUT2D eigenvalue weighted by atomic mass is 79.9. The first-order valence-corrected chi connectivity index (χ1v) is 6.68. The molecule has 20 heavy (non-hydrogen) atoms. The van der Waals surface area contributed by atoms with Crippen molar-refractivity contribution in [2.75, 3.05) is 0 Å². The molecule has 2 nitrogen and oxygen atoms in total. The zero-order valence-electron chi connectivity index (χ0n) is 10.4. The van der Waals surface area contributed by atoms with Crippen LogP contribution in [0.25, 0.3) is 0 Å². The topological polar surface area (TPSA) is 38.9 Å². The van der Waals surface area contributed by atoms with Crippen LogP contribution < -0.4 is 5.73 Å². The van der Waals surface area contributed by atoms with Gasteiger partial charge in [-0.15, -0.1) is 0 Å². The summed E-state index contributed by atoms with van der Waals surface area (Å²) in [6, 6.07) is 6.45. The number of hydrogen-bond donors (Lipinski definition) is 1. The van der Waals surface area contributed by atoms with Gasteiger partial charge in [-0.2, -0.15) is 13.2 Å². The first-order valence-electron chi connectivity index (χ1n) is 5.88. The van der Waals surface area contributed by atoms with Gasteiger partial charge in [-0.05, 0) is 51.7 Å². The second-order valence-corrected chi connectivity index (χ2v) is 5.36. The summed E-state index contributed by atoms with van der Waals surface area (Å²) in [4.78, 5) is 4.03. The summed E-state index contributed by atoms with van der Waals surface area (Å²) >= 11 is 3.31. The van der Waals surface area contributed by atoms with Crippen LogP contribution in [0.5, 0.6) is 0 Å². The number of nitrogens with zero attached hydrogens (tertiary/aromatic N) is 1. The summed E-state index contributed by atoms with van der Waals surface area (Å²) in [7, 11) is 0. The Morgan fingerprint density at radius 1 is 1.15 bits per heavy atom. The van der Waals surface area contributed by atoms with Crippen LogP contribution in [0.4, 0.5) is 13.2 Å². The summed E-state index contributed by atoms with van der Waals surface area (Å²) in [6.07, 6.45) is -0.462. The van der Waals surface area contributed by atoms with Crippen molar-refractivity contribution >= 4 is 15.9 Å². The largest absolute Gasteiger partial charge is 0.416 e. The Balaban J connectivity index is 2.11. The molecule has 6 heteroatoms. The molecule has 2 aromatic rings. The van der Waals surface area contributed by atoms with Crippen molar-refractivity contribution in [1.82, 2.24) is 4.98 Å². The highest BCUT2D eigenvalue weighted by molar-refractivity contribution is 9.10. The van der Waals surface area contributed by atoms with E-state index in [0.29, 0.717) is 12.0 Å². The molecule has 2 N–H and O–H groups in total. The van der Waals surface area contributed by atoms with Crippen LogP contribution in [-0.2, 0) is 12.6 Å². The predicted octanol–water partition coefficient (Wildman–Crippen LogP) is 4.11. The van der Waals surface area contributed by atoms with Crippen molar-refractivity contribution in [2.24, 2.45) is 5.73 Å². The molecular formula is C14H12BrF3N2. The van der Waals surface area contributed by atoms with Gasteiger partial charge < -0.3 is 5.73 Å². The Kier molecular flexibility index (Phi) is 4.45. The Hall–Kier alpha value is -1.40. The van der Waals surface area contributed by atoms with E-state index in [-0.39, 0.29) is 6.04 Å². The standard InChI is InChI=1S/C14H12BrF3N2/c15-12-5-9(7-20-8-12)6-13(19)10-1-3-11(4-2-10)14(16,17)18/h1-5,7-8,13H,6,19H2. The van der Waals surface area contributed by atoms with Gasteiger partial charge >= 0.3 is 6.18 Å². The van der Waals surface area contributed by atoms with Crippen LogP contribution in [0.15, 0.2) is 47.2 Å². The molecule has 0 bridgehead atoms. The van der Waals surface area contributed by atoms with E-state index in [4.69, 9.17) is 5.73 Å². The fourth-order valence-corrected chi connectivity index (χ4v) is 2.27. The number of pyridine rings is 1. The molecule has 0 saturated heterocycles. The molecule has 1 aromatic carbocycles. The molecule has 1 atom stereocenters. The Morgan fingerprint density at radius 2 is 1.80 bits per heavy atom. The molecule has 1 unspecified atom stereocenters. The molecule has 0 spiro atoms. The number of aromatic nitrogens is 1. The highest BCUT2D eigenvalue weighted by Gasteiger charge is 2.30. The van der Waals surface area contributed by atoms with Crippen LogP contribution in [0, 0.1) is 0 Å². The Morgan fingerprint density at radius 3 is 2.35 bits per heavy atom. The van der Waals surface area contributed by atoms with Crippen LogP contribution in [-0.4, -0.2) is 4.98 Å². The maximum absolute atomic E-state index is 12.5. The van der Waals surface area contributed by atoms with Crippen molar-refractivity contribution < 1.29 is 13.2 Å². The molecule has 0 aliphatic rings. The minimum Gasteiger partial charge on any atom is -0.324 e. The van der Waals surface area contributed by atoms with Gasteiger partial charge in [0.1, 0.15) is 0 Å². The van der Waals surface area contributed by atoms with Gasteiger partial charge in [-0.25, -0.2) is 0 Å². The van der Waals surface area contributed by atoms with E-state index in [1.54, 1.807) is 12.4 Å². The van der Waals surface area contributed by atoms with Gasteiger partial charge in [-0.3, -0.25) is 4.98 Å². The molecule has 0 aliphatic carbocycles. The predicted molar refractivity (Wildman–Crippen MR) is 74.0 cm³/mol. The fourth-order valence-electron chi connectivity index (χ4n) is 1.86. The van der Waals surface area contributed by atoms with Gasteiger partial charge in [0.25, 0.3) is 0 Å². The maximum atomic E-state index is 12.5. The van der Waals surface area contributed by atoms with Crippen LogP contribution in [0.3, 0.4) is 0 Å². The van der Waals surface area contributed by atoms with Crippen molar-refractivity contribution in [3.63, 3.8) is 0 Å². The van der Waals surface area contributed by atoms with Crippen molar-refractivity contribution in [3.8, 4) is 0 Å². The zero-order valence-corrected chi connectivity index (χ0v) is 11.9. The van der Waals surface area contributed by atoms with E-state index >= 15 is 0 Å². The van der Waals surface area contributed by atoms with Gasteiger partial charge in [-0.1, -0.05) is 12.1 Å². The third-order valence-corrected chi connectivity index (χ3v) is 3.32. The van der Waals surface area contributed by atoms with E-state index in [9.17, 15) is 13.2 Å². The van der Waals surface area contributed by atoms with Crippen LogP contribution in [0.1, 0.15) is 22.7 Å². The lowest BCUT2D eigenvalue weighted by atomic mass is 9.99. The molecule has 0 saturated carbocycles. The van der Waals surface area contributed by atoms with Crippen molar-refractivity contribution in [2.45, 2.75) is 18.6 Å². The van der Waals surface area contributed by atoms with Gasteiger partial charge in [0.15, 0.2) is 0 Å². The first-order chi connectivity index (χ1) is 9.36. The van der Waals surface area contributed by atoms with Crippen LogP contribution in [0.2, 0.25) is 0 Å². The molecule has 2 rings (SSSR count). The van der Waals surface area contributed by atoms with Gasteiger partial charge in [0, 0.05) is 22.9 Å². The van der Waals surface area contributed by atoms with Gasteiger partial charge in [0.2, 0.25) is 0 Å². The molecule has 1 aromatic heterocycles. The Bertz CT molecular complexity index is 582. The molecule has 106 valence electrons. The first kappa shape index (κ1) is 15.0. The summed E-state index contributed by atoms with van der Waals surface area (Å²) in [5.41, 5.74) is 6.93. The summed E-state index contributed by atoms with van der Waals surface area (Å²) in [5, 5.41) is 0. The molecule has 1 heterocycles. The van der Waals surface area contributed by atoms with E-state index in [2.05, 4.69) is 20.9 Å². The Labute approximate surface area is 123 Å². The van der Waals surface area contributed by atoms with E-state index in [1.807, 2.05) is 6.07 Å². The smallest absolute Gasteiger partial charge is 0.324 e. The van der Waals surface area contributed by atoms with Crippen molar-refractivity contribution in [3.05, 3.63) is 63.9 Å². The van der Waals surface area contributed by atoms with Gasteiger partial charge in [0.05, 0.1) is 5.56 Å². The second kappa shape index (κ2) is 5.93. The molecule has 0 radical (unpaired) electrons. The monoisotopic (exact) mass is 344 g/mol. The molecule has 0 fully saturated rings. The maximum Gasteiger partial charge on any atom is 0.416 e.